The van der Waals surface area contributed by atoms with Gasteiger partial charge in [0.05, 0.1) is 10.4 Å². The Bertz CT molecular complexity index is 9870. The molecule has 0 bridgehead atoms. The number of halogens is 2. The minimum absolute atomic E-state index is 0.880. The third-order valence-electron chi connectivity index (χ3n) is 26.8. The van der Waals surface area contributed by atoms with E-state index in [1.807, 2.05) is 93.1 Å². The summed E-state index contributed by atoms with van der Waals surface area (Å²) in [5.74, 6) is 0. The molecule has 0 aliphatic rings. The predicted octanol–water partition coefficient (Wildman–Crippen LogP) is 39.7. The lowest BCUT2D eigenvalue weighted by Gasteiger charge is -2.26. The van der Waals surface area contributed by atoms with Crippen molar-refractivity contribution in [2.45, 2.75) is 0 Å². The maximum atomic E-state index is 6.39. The second kappa shape index (κ2) is 30.4. The molecule has 0 aliphatic carbocycles. The van der Waals surface area contributed by atoms with Crippen LogP contribution in [0.3, 0.4) is 0 Å². The summed E-state index contributed by atoms with van der Waals surface area (Å²) in [6.07, 6.45) is 0. The summed E-state index contributed by atoms with van der Waals surface area (Å²) in [5, 5.41) is 38.4. The fourth-order valence-corrected chi connectivity index (χ4v) is 27.4. The first kappa shape index (κ1) is 77.1. The number of rotatable bonds is 8. The quantitative estimate of drug-likeness (QED) is 0.153. The lowest BCUT2D eigenvalue weighted by atomic mass is 9.92. The second-order valence-electron chi connectivity index (χ2n) is 34.3. The van der Waals surface area contributed by atoms with E-state index < -0.39 is 0 Å². The van der Waals surface area contributed by atoms with E-state index >= 15 is 0 Å². The number of nitrogens with one attached hydrogen (secondary N) is 1. The van der Waals surface area contributed by atoms with Crippen molar-refractivity contribution in [3.05, 3.63) is 409 Å². The van der Waals surface area contributed by atoms with Crippen LogP contribution in [0.1, 0.15) is 0 Å². The molecule has 22 aromatic carbocycles. The zero-order valence-corrected chi connectivity index (χ0v) is 77.8. The summed E-state index contributed by atoms with van der Waals surface area (Å²) in [4.78, 5) is 4.90. The molecule has 0 amide bonds. The summed E-state index contributed by atoms with van der Waals surface area (Å²) in [7, 11) is 0. The van der Waals surface area contributed by atoms with Crippen LogP contribution >= 0.6 is 88.5 Å². The molecular weight excluding hydrogens is 1850 g/mol. The van der Waals surface area contributed by atoms with E-state index in [0.717, 1.165) is 116 Å². The Hall–Kier alpha value is -14.7. The summed E-state index contributed by atoms with van der Waals surface area (Å²) in [6.45, 7) is 0. The van der Waals surface area contributed by atoms with Gasteiger partial charge >= 0.3 is 0 Å². The normalized spacial score (nSPS) is 12.1. The highest BCUT2D eigenvalue weighted by Gasteiger charge is 2.26. The van der Waals surface area contributed by atoms with E-state index in [4.69, 9.17) is 13.3 Å². The summed E-state index contributed by atoms with van der Waals surface area (Å²) in [6, 6.07) is 146. The number of hydrogen-bond acceptors (Lipinski definition) is 11. The summed E-state index contributed by atoms with van der Waals surface area (Å²) in [5.41, 5.74) is 14.1. The van der Waals surface area contributed by atoms with Crippen molar-refractivity contribution in [1.29, 1.82) is 0 Å². The molecule has 133 heavy (non-hydrogen) atoms. The Balaban J connectivity index is 0.000000131. The number of para-hydroxylation sites is 3. The van der Waals surface area contributed by atoms with E-state index in [1.54, 1.807) is 0 Å². The van der Waals surface area contributed by atoms with Crippen molar-refractivity contribution in [2.75, 3.05) is 15.1 Å². The molecule has 8 heterocycles. The largest absolute Gasteiger partial charge is 0.456 e. The van der Waals surface area contributed by atoms with Crippen LogP contribution < -0.4 is 15.1 Å². The van der Waals surface area contributed by atoms with Crippen molar-refractivity contribution in [3.63, 3.8) is 0 Å². The van der Waals surface area contributed by atoms with E-state index in [2.05, 4.69) is 411 Å². The molecule has 0 spiro atoms. The maximum absolute atomic E-state index is 6.39. The minimum Gasteiger partial charge on any atom is -0.456 e. The van der Waals surface area contributed by atoms with Gasteiger partial charge in [-0.15, -0.1) is 56.7 Å². The molecule has 1 N–H and O–H groups in total. The summed E-state index contributed by atoms with van der Waals surface area (Å²) < 4.78 is 33.9. The molecule has 6 nitrogen and oxygen atoms in total. The molecule has 0 atom stereocenters. The molecule has 0 fully saturated rings. The van der Waals surface area contributed by atoms with Crippen LogP contribution in [0.5, 0.6) is 0 Å². The Morgan fingerprint density at radius 1 is 0.180 bits per heavy atom. The van der Waals surface area contributed by atoms with E-state index in [-0.39, 0.29) is 0 Å². The molecule has 0 saturated heterocycles. The van der Waals surface area contributed by atoms with Gasteiger partial charge in [-0.2, -0.15) is 0 Å². The molecule has 0 saturated carbocycles. The third-order valence-corrected chi connectivity index (χ3v) is 34.1. The first-order chi connectivity index (χ1) is 65.7. The smallest absolute Gasteiger partial charge is 0.135 e. The van der Waals surface area contributed by atoms with Gasteiger partial charge in [-0.1, -0.05) is 210 Å². The van der Waals surface area contributed by atoms with Gasteiger partial charge in [-0.3, -0.25) is 0 Å². The summed E-state index contributed by atoms with van der Waals surface area (Å²) >= 11 is 16.7. The first-order valence-corrected chi connectivity index (χ1v) is 50.0. The van der Waals surface area contributed by atoms with Crippen LogP contribution in [0.4, 0.5) is 45.5 Å². The van der Waals surface area contributed by atoms with Gasteiger partial charge in [0, 0.05) is 177 Å². The second-order valence-corrected chi connectivity index (χ2v) is 41.4. The topological polar surface area (TPSA) is 57.9 Å². The third kappa shape index (κ3) is 12.5. The Morgan fingerprint density at radius 3 is 1.00 bits per heavy atom. The van der Waals surface area contributed by atoms with Crippen molar-refractivity contribution in [1.82, 2.24) is 0 Å². The SMILES string of the molecule is Brc1ccc2c(c1)c1ccccc1c1cc3c(cc21)sc1c(Br)cccc13.c1ccc2c(c1)oc1ccc(N(c3ccc4sc5ccccc5c4c3)c3ccc4c(c3)c3ccccc3c3cc5c(cc43)sc3c(N(c4ccc6oc7ccccc7c6c4)c4ccc6sc7ccccc7c6c4)cccc35)cc12.c1ccc2c(c1)oc1ccc(Nc3ccc4sc5ccccc5c4c3)cc12. The monoisotopic (exact) mass is 1920 g/mol. The molecule has 30 rings (SSSR count). The average molecular weight is 1920 g/mol. The number of nitrogens with zero attached hydrogens (tertiary/aromatic N) is 2. The number of anilines is 8. The first-order valence-electron chi connectivity index (χ1n) is 44.3. The molecule has 624 valence electrons. The van der Waals surface area contributed by atoms with Gasteiger partial charge < -0.3 is 28.4 Å². The molecular formula is C120H67Br2N3O3S5. The van der Waals surface area contributed by atoms with E-state index in [9.17, 15) is 0 Å². The number of thiophene rings is 5. The average Bonchev–Trinajstić information content (AvgIpc) is 1.67. The molecule has 30 aromatic rings. The Kier molecular flexibility index (Phi) is 17.6. The molecule has 0 unspecified atom stereocenters. The van der Waals surface area contributed by atoms with Crippen molar-refractivity contribution < 1.29 is 13.3 Å². The lowest BCUT2D eigenvalue weighted by molar-refractivity contribution is 0.668. The van der Waals surface area contributed by atoms with Crippen molar-refractivity contribution >= 4 is 365 Å². The number of hydrogen-bond donors (Lipinski definition) is 1. The van der Waals surface area contributed by atoms with Crippen molar-refractivity contribution in [2.24, 2.45) is 0 Å². The fraction of sp³-hybridized carbons (Fsp3) is 0. The molecule has 0 aliphatic heterocycles. The van der Waals surface area contributed by atoms with Gasteiger partial charge in [0.25, 0.3) is 0 Å². The van der Waals surface area contributed by atoms with Crippen LogP contribution in [0, 0.1) is 0 Å². The number of furan rings is 3. The molecule has 8 aromatic heterocycles. The van der Waals surface area contributed by atoms with E-state index in [1.165, 1.54) is 170 Å². The zero-order chi connectivity index (χ0) is 87.4. The molecule has 0 radical (unpaired) electrons. The number of benzene rings is 22. The van der Waals surface area contributed by atoms with Gasteiger partial charge in [0.1, 0.15) is 33.5 Å². The van der Waals surface area contributed by atoms with Crippen LogP contribution in [-0.2, 0) is 0 Å². The Labute approximate surface area is 795 Å². The highest BCUT2D eigenvalue weighted by atomic mass is 79.9. The zero-order valence-electron chi connectivity index (χ0n) is 70.5. The van der Waals surface area contributed by atoms with Crippen LogP contribution in [0.15, 0.2) is 423 Å². The van der Waals surface area contributed by atoms with Crippen molar-refractivity contribution in [3.8, 4) is 0 Å². The van der Waals surface area contributed by atoms with E-state index in [0.29, 0.717) is 0 Å². The van der Waals surface area contributed by atoms with Crippen LogP contribution in [0.2, 0.25) is 0 Å². The fourth-order valence-electron chi connectivity index (χ4n) is 20.8. The standard InChI is InChI=1S/C72H40N2O2S3.C24H12Br2S.C24H15NOS/c1-2-13-47-46(12-1)54-34-41(73(42-25-30-65-57(35-42)49-14-3-7-20-63(49)75-65)43-27-32-69-59(37-43)51-16-5-9-22-67(51)77-69)24-29-48(54)56-40-71-61(39-55(47)56)53-18-11-19-62(72(53)79-71)74(44-26-31-66-58(36-44)50-15-4-8-21-64(50)76-66)45-28-33-70-60(38-45)52-17-6-10-23-68(52)78-70;25-13-8-9-16-18(10-13)14-4-1-2-5-15(14)19-11-21-17-6-3-7-22(26)24(17)27-23(21)12-20(16)19;1-3-7-21-17(5-1)19-13-15(9-11-22(19)26-21)25-16-10-12-24-20(14-16)18-6-2-4-8-23(18)27-24/h1-40H;1-12H;1-14,25H. The Morgan fingerprint density at radius 2 is 0.489 bits per heavy atom. The van der Waals surface area contributed by atoms with Gasteiger partial charge in [0.15, 0.2) is 0 Å². The van der Waals surface area contributed by atoms with Crippen LogP contribution in [0.25, 0.3) is 231 Å². The van der Waals surface area contributed by atoms with Gasteiger partial charge in [-0.25, -0.2) is 0 Å². The van der Waals surface area contributed by atoms with Crippen LogP contribution in [-0.4, -0.2) is 0 Å². The maximum Gasteiger partial charge on any atom is 0.135 e. The van der Waals surface area contributed by atoms with Gasteiger partial charge in [-0.05, 0) is 287 Å². The van der Waals surface area contributed by atoms with Gasteiger partial charge in [0.2, 0.25) is 0 Å². The minimum atomic E-state index is 0.880. The highest BCUT2D eigenvalue weighted by molar-refractivity contribution is 9.11. The lowest BCUT2D eigenvalue weighted by Crippen LogP contribution is -2.10. The molecule has 13 heteroatoms. The number of fused-ring (bicyclic) bond motifs is 36. The highest BCUT2D eigenvalue weighted by Crippen LogP contribution is 2.53. The predicted molar refractivity (Wildman–Crippen MR) is 585 cm³/mol.